The van der Waals surface area contributed by atoms with Crippen molar-refractivity contribution in [3.05, 3.63) is 70.9 Å². The van der Waals surface area contributed by atoms with Gasteiger partial charge in [-0.05, 0) is 54.9 Å². The molecule has 0 spiro atoms. The molecule has 4 nitrogen and oxygen atoms in total. The van der Waals surface area contributed by atoms with Gasteiger partial charge in [-0.25, -0.2) is 0 Å². The molecule has 3 rings (SSSR count). The molecule has 0 amide bonds. The number of rotatable bonds is 5. The van der Waals surface area contributed by atoms with E-state index < -0.39 is 0 Å². The van der Waals surface area contributed by atoms with Crippen LogP contribution in [0.15, 0.2) is 59.8 Å². The summed E-state index contributed by atoms with van der Waals surface area (Å²) in [4.78, 5) is 3.28. The number of benzene rings is 2. The van der Waals surface area contributed by atoms with Crippen LogP contribution in [0, 0.1) is 0 Å². The quantitative estimate of drug-likeness (QED) is 0.357. The molecule has 3 aromatic rings. The van der Waals surface area contributed by atoms with E-state index in [2.05, 4.69) is 33.0 Å². The number of halogens is 1. The highest BCUT2D eigenvalue weighted by molar-refractivity contribution is 7.80. The highest BCUT2D eigenvalue weighted by Gasteiger charge is 2.03. The first kappa shape index (κ1) is 17.5. The van der Waals surface area contributed by atoms with Crippen LogP contribution in [0.2, 0.25) is 5.02 Å². The van der Waals surface area contributed by atoms with Crippen molar-refractivity contribution in [3.63, 3.8) is 0 Å². The van der Waals surface area contributed by atoms with Gasteiger partial charge >= 0.3 is 0 Å². The summed E-state index contributed by atoms with van der Waals surface area (Å²) >= 11 is 11.2. The minimum absolute atomic E-state index is 0.508. The molecule has 6 heteroatoms. The fraction of sp³-hybridized carbons (Fsp3) is 0.158. The van der Waals surface area contributed by atoms with Gasteiger partial charge in [0.1, 0.15) is 0 Å². The van der Waals surface area contributed by atoms with Crippen LogP contribution >= 0.6 is 23.8 Å². The van der Waals surface area contributed by atoms with Crippen molar-refractivity contribution in [2.45, 2.75) is 13.3 Å². The second kappa shape index (κ2) is 8.14. The molecule has 0 saturated carbocycles. The molecule has 0 saturated heterocycles. The average molecular weight is 371 g/mol. The zero-order valence-electron chi connectivity index (χ0n) is 13.8. The average Bonchev–Trinajstić information content (AvgIpc) is 3.04. The summed E-state index contributed by atoms with van der Waals surface area (Å²) in [6.45, 7) is 2.66. The van der Waals surface area contributed by atoms with Gasteiger partial charge in [0.15, 0.2) is 5.11 Å². The van der Waals surface area contributed by atoms with Gasteiger partial charge in [-0.3, -0.25) is 5.43 Å². The molecule has 1 aromatic heterocycles. The molecule has 3 N–H and O–H groups in total. The van der Waals surface area contributed by atoms with E-state index in [4.69, 9.17) is 23.8 Å². The highest BCUT2D eigenvalue weighted by atomic mass is 35.5. The zero-order chi connectivity index (χ0) is 17.6. The van der Waals surface area contributed by atoms with Gasteiger partial charge in [0.05, 0.1) is 5.71 Å². The van der Waals surface area contributed by atoms with Crippen molar-refractivity contribution >= 4 is 45.5 Å². The molecule has 1 heterocycles. The van der Waals surface area contributed by atoms with Gasteiger partial charge in [-0.2, -0.15) is 5.10 Å². The third-order valence-corrected chi connectivity index (χ3v) is 4.43. The predicted molar refractivity (Wildman–Crippen MR) is 109 cm³/mol. The summed E-state index contributed by atoms with van der Waals surface area (Å²) in [7, 11) is 0. The molecule has 25 heavy (non-hydrogen) atoms. The standard InChI is InChI=1S/C19H19ClN4S/c1-13(14-6-8-16(20)9-7-14)23-24-19(25)21-11-10-15-12-22-18-5-3-2-4-17(15)18/h2-9,12,22H,10-11H2,1H3,(H2,21,24,25)/b23-13+. The number of hydrogen-bond donors (Lipinski definition) is 3. The Balaban J connectivity index is 1.49. The molecular weight excluding hydrogens is 352 g/mol. The summed E-state index contributed by atoms with van der Waals surface area (Å²) in [6.07, 6.45) is 2.93. The van der Waals surface area contributed by atoms with Crippen molar-refractivity contribution in [2.24, 2.45) is 5.10 Å². The molecule has 0 fully saturated rings. The van der Waals surface area contributed by atoms with Crippen LogP contribution in [-0.4, -0.2) is 22.4 Å². The van der Waals surface area contributed by atoms with E-state index in [-0.39, 0.29) is 0 Å². The van der Waals surface area contributed by atoms with Crippen LogP contribution < -0.4 is 10.7 Å². The van der Waals surface area contributed by atoms with E-state index in [1.165, 1.54) is 10.9 Å². The summed E-state index contributed by atoms with van der Waals surface area (Å²) in [5, 5.41) is 9.95. The van der Waals surface area contributed by atoms with E-state index in [9.17, 15) is 0 Å². The first-order valence-electron chi connectivity index (χ1n) is 8.02. The third kappa shape index (κ3) is 4.59. The van der Waals surface area contributed by atoms with Crippen molar-refractivity contribution in [2.75, 3.05) is 6.54 Å². The molecule has 0 unspecified atom stereocenters. The van der Waals surface area contributed by atoms with Crippen LogP contribution in [0.1, 0.15) is 18.1 Å². The molecule has 0 aliphatic carbocycles. The molecule has 0 atom stereocenters. The normalized spacial score (nSPS) is 11.5. The van der Waals surface area contributed by atoms with E-state index in [1.807, 2.05) is 49.5 Å². The number of nitrogens with one attached hydrogen (secondary N) is 3. The fourth-order valence-corrected chi connectivity index (χ4v) is 2.85. The lowest BCUT2D eigenvalue weighted by Gasteiger charge is -2.08. The Kier molecular flexibility index (Phi) is 5.68. The summed E-state index contributed by atoms with van der Waals surface area (Å²) in [5.74, 6) is 0. The van der Waals surface area contributed by atoms with Gasteiger partial charge in [0.25, 0.3) is 0 Å². The number of hydrogen-bond acceptors (Lipinski definition) is 2. The van der Waals surface area contributed by atoms with Crippen molar-refractivity contribution in [3.8, 4) is 0 Å². The SMILES string of the molecule is C/C(=N\NC(=S)NCCc1c[nH]c2ccccc12)c1ccc(Cl)cc1. The zero-order valence-corrected chi connectivity index (χ0v) is 15.4. The maximum absolute atomic E-state index is 5.89. The molecule has 0 aliphatic heterocycles. The first-order chi connectivity index (χ1) is 12.1. The topological polar surface area (TPSA) is 52.2 Å². The smallest absolute Gasteiger partial charge is 0.186 e. The molecule has 0 bridgehead atoms. The molecule has 2 aromatic carbocycles. The Bertz CT molecular complexity index is 899. The number of aromatic nitrogens is 1. The summed E-state index contributed by atoms with van der Waals surface area (Å²) in [6, 6.07) is 15.8. The third-order valence-electron chi connectivity index (χ3n) is 3.94. The van der Waals surface area contributed by atoms with Gasteiger partial charge in [-0.15, -0.1) is 0 Å². The van der Waals surface area contributed by atoms with Crippen LogP contribution in [0.5, 0.6) is 0 Å². The van der Waals surface area contributed by atoms with Gasteiger partial charge in [0.2, 0.25) is 0 Å². The van der Waals surface area contributed by atoms with E-state index in [0.29, 0.717) is 10.1 Å². The second-order valence-corrected chi connectivity index (χ2v) is 6.53. The van der Waals surface area contributed by atoms with E-state index in [1.54, 1.807) is 0 Å². The van der Waals surface area contributed by atoms with Gasteiger partial charge in [-0.1, -0.05) is 41.9 Å². The lowest BCUT2D eigenvalue weighted by atomic mass is 10.1. The Labute approximate surface area is 157 Å². The predicted octanol–water partition coefficient (Wildman–Crippen LogP) is 4.25. The second-order valence-electron chi connectivity index (χ2n) is 5.68. The maximum atomic E-state index is 5.89. The molecular formula is C19H19ClN4S. The van der Waals surface area contributed by atoms with Gasteiger partial charge < -0.3 is 10.3 Å². The van der Waals surface area contributed by atoms with E-state index >= 15 is 0 Å². The van der Waals surface area contributed by atoms with Crippen LogP contribution in [0.25, 0.3) is 10.9 Å². The minimum atomic E-state index is 0.508. The Morgan fingerprint density at radius 2 is 1.92 bits per heavy atom. The summed E-state index contributed by atoms with van der Waals surface area (Å²) < 4.78 is 0. The monoisotopic (exact) mass is 370 g/mol. The number of thiocarbonyl (C=S) groups is 1. The van der Waals surface area contributed by atoms with Gasteiger partial charge in [0, 0.05) is 28.7 Å². The summed E-state index contributed by atoms with van der Waals surface area (Å²) in [5.41, 5.74) is 7.15. The van der Waals surface area contributed by atoms with E-state index in [0.717, 1.165) is 29.8 Å². The Hall–Kier alpha value is -2.37. The van der Waals surface area contributed by atoms with Crippen molar-refractivity contribution in [1.82, 2.24) is 15.7 Å². The maximum Gasteiger partial charge on any atom is 0.186 e. The van der Waals surface area contributed by atoms with Crippen LogP contribution in [-0.2, 0) is 6.42 Å². The number of fused-ring (bicyclic) bond motifs is 1. The number of hydrazone groups is 1. The van der Waals surface area contributed by atoms with Crippen LogP contribution in [0.4, 0.5) is 0 Å². The largest absolute Gasteiger partial charge is 0.361 e. The lowest BCUT2D eigenvalue weighted by Crippen LogP contribution is -2.33. The Morgan fingerprint density at radius 3 is 2.72 bits per heavy atom. The van der Waals surface area contributed by atoms with Crippen LogP contribution in [0.3, 0.4) is 0 Å². The minimum Gasteiger partial charge on any atom is -0.361 e. The Morgan fingerprint density at radius 1 is 1.16 bits per heavy atom. The first-order valence-corrected chi connectivity index (χ1v) is 8.81. The number of para-hydroxylation sites is 1. The number of H-pyrrole nitrogens is 1. The lowest BCUT2D eigenvalue weighted by molar-refractivity contribution is 0.839. The van der Waals surface area contributed by atoms with Crippen molar-refractivity contribution in [1.29, 1.82) is 0 Å². The highest BCUT2D eigenvalue weighted by Crippen LogP contribution is 2.17. The molecule has 0 aliphatic rings. The molecule has 128 valence electrons. The van der Waals surface area contributed by atoms with Crippen molar-refractivity contribution < 1.29 is 0 Å². The number of aromatic amines is 1. The fourth-order valence-electron chi connectivity index (χ4n) is 2.58. The number of nitrogens with zero attached hydrogens (tertiary/aromatic N) is 1. The molecule has 0 radical (unpaired) electrons.